The molecule has 1 aliphatic rings. The molecule has 0 bridgehead atoms. The predicted octanol–water partition coefficient (Wildman–Crippen LogP) is 2.78. The molecule has 4 heterocycles. The van der Waals surface area contributed by atoms with Crippen LogP contribution < -0.4 is 15.4 Å². The minimum absolute atomic E-state index is 0.181. The van der Waals surface area contributed by atoms with Gasteiger partial charge >= 0.3 is 0 Å². The van der Waals surface area contributed by atoms with E-state index in [1.165, 1.54) is 0 Å². The highest BCUT2D eigenvalue weighted by atomic mass is 16.5. The lowest BCUT2D eigenvalue weighted by Gasteiger charge is -2.28. The highest BCUT2D eigenvalue weighted by molar-refractivity contribution is 6.01. The predicted molar refractivity (Wildman–Crippen MR) is 124 cm³/mol. The van der Waals surface area contributed by atoms with Crippen LogP contribution in [-0.2, 0) is 4.74 Å². The van der Waals surface area contributed by atoms with Crippen LogP contribution in [-0.4, -0.2) is 63.5 Å². The first kappa shape index (κ1) is 21.2. The van der Waals surface area contributed by atoms with E-state index in [4.69, 9.17) is 9.47 Å². The molecule has 1 aliphatic carbocycles. The van der Waals surface area contributed by atoms with Crippen molar-refractivity contribution in [2.75, 3.05) is 26.6 Å². The number of nitrogens with zero attached hydrogens (tertiary/aromatic N) is 5. The number of aromatic nitrogens is 5. The van der Waals surface area contributed by atoms with Crippen molar-refractivity contribution in [3.05, 3.63) is 42.4 Å². The summed E-state index contributed by atoms with van der Waals surface area (Å²) in [4.78, 5) is 16.9. The van der Waals surface area contributed by atoms with Crippen LogP contribution >= 0.6 is 0 Å². The fourth-order valence-corrected chi connectivity index (χ4v) is 4.51. The fraction of sp³-hybridized carbons (Fsp3) is 0.391. The molecule has 5 rings (SSSR count). The van der Waals surface area contributed by atoms with Gasteiger partial charge in [-0.1, -0.05) is 0 Å². The molecule has 0 spiro atoms. The summed E-state index contributed by atoms with van der Waals surface area (Å²) in [5.41, 5.74) is 3.81. The number of pyridine rings is 1. The summed E-state index contributed by atoms with van der Waals surface area (Å²) in [6.45, 7) is 0. The average Bonchev–Trinajstić information content (AvgIpc) is 3.47. The van der Waals surface area contributed by atoms with Gasteiger partial charge in [-0.3, -0.25) is 4.79 Å². The van der Waals surface area contributed by atoms with Crippen molar-refractivity contribution in [2.45, 2.75) is 37.8 Å². The van der Waals surface area contributed by atoms with Gasteiger partial charge in [0.25, 0.3) is 5.91 Å². The van der Waals surface area contributed by atoms with Gasteiger partial charge in [0.15, 0.2) is 0 Å². The van der Waals surface area contributed by atoms with Crippen molar-refractivity contribution in [1.29, 1.82) is 0 Å². The smallest absolute Gasteiger partial charge is 0.254 e. The van der Waals surface area contributed by atoms with Crippen LogP contribution in [0, 0.1) is 0 Å². The number of hydrogen-bond acceptors (Lipinski definition) is 7. The zero-order chi connectivity index (χ0) is 22.9. The van der Waals surface area contributed by atoms with E-state index in [2.05, 4.69) is 25.8 Å². The minimum atomic E-state index is -0.181. The summed E-state index contributed by atoms with van der Waals surface area (Å²) in [5.74, 6) is 0.841. The Morgan fingerprint density at radius 3 is 2.64 bits per heavy atom. The van der Waals surface area contributed by atoms with Crippen LogP contribution in [0.5, 0.6) is 5.88 Å². The summed E-state index contributed by atoms with van der Waals surface area (Å²) in [7, 11) is 4.98. The fourth-order valence-electron chi connectivity index (χ4n) is 4.51. The summed E-state index contributed by atoms with van der Waals surface area (Å²) >= 11 is 0. The molecule has 0 aliphatic heterocycles. The van der Waals surface area contributed by atoms with Crippen molar-refractivity contribution in [3.63, 3.8) is 0 Å². The van der Waals surface area contributed by atoms with Gasteiger partial charge in [0, 0.05) is 38.2 Å². The number of anilines is 1. The monoisotopic (exact) mass is 449 g/mol. The molecule has 0 saturated heterocycles. The SMILES string of the molecule is CNC(=O)c1cnn2ccc(-c3ccn4nc(N[C@H]5CC[C@@H](OC)CC5)nc(OC)c34)cc12. The molecule has 0 radical (unpaired) electrons. The zero-order valence-corrected chi connectivity index (χ0v) is 18.9. The molecule has 1 fully saturated rings. The maximum Gasteiger partial charge on any atom is 0.254 e. The van der Waals surface area contributed by atoms with Crippen LogP contribution in [0.25, 0.3) is 22.2 Å². The Balaban J connectivity index is 1.49. The Hall–Kier alpha value is -3.66. The molecular weight excluding hydrogens is 422 g/mol. The van der Waals surface area contributed by atoms with E-state index < -0.39 is 0 Å². The Kier molecular flexibility index (Phi) is 5.59. The molecule has 0 atom stereocenters. The average molecular weight is 450 g/mol. The lowest BCUT2D eigenvalue weighted by molar-refractivity contribution is 0.0681. The third-order valence-corrected chi connectivity index (χ3v) is 6.32. The van der Waals surface area contributed by atoms with Crippen molar-refractivity contribution in [2.24, 2.45) is 0 Å². The van der Waals surface area contributed by atoms with Crippen LogP contribution in [0.4, 0.5) is 5.95 Å². The van der Waals surface area contributed by atoms with Gasteiger partial charge in [0.1, 0.15) is 5.52 Å². The summed E-state index contributed by atoms with van der Waals surface area (Å²) in [6, 6.07) is 6.17. The lowest BCUT2D eigenvalue weighted by Crippen LogP contribution is -2.30. The molecule has 172 valence electrons. The van der Waals surface area contributed by atoms with Gasteiger partial charge in [0.05, 0.1) is 30.5 Å². The summed E-state index contributed by atoms with van der Waals surface area (Å²) < 4.78 is 14.6. The maximum atomic E-state index is 12.2. The van der Waals surface area contributed by atoms with Gasteiger partial charge in [-0.2, -0.15) is 10.1 Å². The standard InChI is InChI=1S/C23H27N7O3/c1-24-21(31)18-13-25-29-10-8-14(12-19(18)29)17-9-11-30-20(17)22(33-3)27-23(28-30)26-15-4-6-16(32-2)7-5-15/h8-13,15-16H,4-7H2,1-3H3,(H,24,31)(H,26,28)/t15-,16+. The largest absolute Gasteiger partial charge is 0.479 e. The number of carbonyl (C=O) groups excluding carboxylic acids is 1. The van der Waals surface area contributed by atoms with E-state index in [0.717, 1.165) is 47.8 Å². The van der Waals surface area contributed by atoms with E-state index in [9.17, 15) is 4.79 Å². The van der Waals surface area contributed by atoms with E-state index >= 15 is 0 Å². The van der Waals surface area contributed by atoms with Gasteiger partial charge in [-0.05, 0) is 49.4 Å². The quantitative estimate of drug-likeness (QED) is 0.466. The van der Waals surface area contributed by atoms with Crippen LogP contribution in [0.3, 0.4) is 0 Å². The highest BCUT2D eigenvalue weighted by Crippen LogP contribution is 2.33. The lowest BCUT2D eigenvalue weighted by atomic mass is 9.93. The maximum absolute atomic E-state index is 12.2. The molecule has 4 aromatic heterocycles. The molecule has 4 aromatic rings. The van der Waals surface area contributed by atoms with Gasteiger partial charge in [0.2, 0.25) is 11.8 Å². The van der Waals surface area contributed by atoms with E-state index in [0.29, 0.717) is 29.5 Å². The molecular formula is C23H27N7O3. The third-order valence-electron chi connectivity index (χ3n) is 6.32. The second-order valence-electron chi connectivity index (χ2n) is 8.20. The molecule has 1 saturated carbocycles. The second kappa shape index (κ2) is 8.70. The second-order valence-corrected chi connectivity index (χ2v) is 8.20. The van der Waals surface area contributed by atoms with E-state index in [-0.39, 0.29) is 5.91 Å². The number of rotatable bonds is 6. The molecule has 10 nitrogen and oxygen atoms in total. The van der Waals surface area contributed by atoms with E-state index in [1.807, 2.05) is 30.6 Å². The Labute approximate surface area is 190 Å². The van der Waals surface area contributed by atoms with Crippen molar-refractivity contribution in [1.82, 2.24) is 29.5 Å². The first-order valence-electron chi connectivity index (χ1n) is 11.0. The van der Waals surface area contributed by atoms with Crippen molar-refractivity contribution in [3.8, 4) is 17.0 Å². The van der Waals surface area contributed by atoms with Crippen molar-refractivity contribution < 1.29 is 14.3 Å². The highest BCUT2D eigenvalue weighted by Gasteiger charge is 2.23. The topological polar surface area (TPSA) is 107 Å². The molecule has 0 unspecified atom stereocenters. The summed E-state index contributed by atoms with van der Waals surface area (Å²) in [6.07, 6.45) is 9.70. The van der Waals surface area contributed by atoms with Crippen LogP contribution in [0.15, 0.2) is 36.8 Å². The molecule has 10 heteroatoms. The van der Waals surface area contributed by atoms with Gasteiger partial charge in [-0.25, -0.2) is 9.03 Å². The molecule has 0 aromatic carbocycles. The number of amides is 1. The van der Waals surface area contributed by atoms with Crippen LogP contribution in [0.2, 0.25) is 0 Å². The van der Waals surface area contributed by atoms with Gasteiger partial charge in [-0.15, -0.1) is 5.10 Å². The van der Waals surface area contributed by atoms with Crippen LogP contribution in [0.1, 0.15) is 36.0 Å². The zero-order valence-electron chi connectivity index (χ0n) is 18.9. The van der Waals surface area contributed by atoms with Crippen molar-refractivity contribution >= 4 is 22.9 Å². The number of fused-ring (bicyclic) bond motifs is 2. The Bertz CT molecular complexity index is 1300. The number of nitrogens with one attached hydrogen (secondary N) is 2. The Morgan fingerprint density at radius 2 is 1.91 bits per heavy atom. The first-order valence-corrected chi connectivity index (χ1v) is 11.0. The molecule has 33 heavy (non-hydrogen) atoms. The number of ether oxygens (including phenoxy) is 2. The number of methoxy groups -OCH3 is 2. The van der Waals surface area contributed by atoms with Gasteiger partial charge < -0.3 is 20.1 Å². The molecule has 2 N–H and O–H groups in total. The third kappa shape index (κ3) is 3.86. The minimum Gasteiger partial charge on any atom is -0.479 e. The Morgan fingerprint density at radius 1 is 1.12 bits per heavy atom. The number of hydrogen-bond donors (Lipinski definition) is 2. The summed E-state index contributed by atoms with van der Waals surface area (Å²) in [5, 5.41) is 15.1. The normalized spacial score (nSPS) is 18.5. The molecule has 1 amide bonds. The van der Waals surface area contributed by atoms with E-state index in [1.54, 1.807) is 36.5 Å². The first-order chi connectivity index (χ1) is 16.1. The number of carbonyl (C=O) groups is 1.